The lowest BCUT2D eigenvalue weighted by Gasteiger charge is -2.17. The number of ether oxygens (including phenoxy) is 1. The fourth-order valence-corrected chi connectivity index (χ4v) is 4.53. The molecular weight excluding hydrogens is 511 g/mol. The summed E-state index contributed by atoms with van der Waals surface area (Å²) in [5.41, 5.74) is 2.73. The lowest BCUT2D eigenvalue weighted by molar-refractivity contribution is -0.210. The summed E-state index contributed by atoms with van der Waals surface area (Å²) in [4.78, 5) is 24.1. The number of carbonyl (C=O) groups excluding carboxylic acids is 1. The first-order valence-electron chi connectivity index (χ1n) is 12.2. The van der Waals surface area contributed by atoms with Gasteiger partial charge >= 0.3 is 18.4 Å². The summed E-state index contributed by atoms with van der Waals surface area (Å²) in [6.07, 6.45) is -4.36. The van der Waals surface area contributed by atoms with Gasteiger partial charge in [0, 0.05) is 5.56 Å². The first kappa shape index (κ1) is 26.0. The molecule has 1 aliphatic rings. The predicted molar refractivity (Wildman–Crippen MR) is 138 cm³/mol. The van der Waals surface area contributed by atoms with Crippen molar-refractivity contribution in [3.63, 3.8) is 0 Å². The van der Waals surface area contributed by atoms with Crippen LogP contribution >= 0.6 is 0 Å². The molecular formula is C29H24F3N3O4. The number of carboxylic acid groups (broad SMARTS) is 1. The number of aliphatic carboxylic acids is 1. The highest BCUT2D eigenvalue weighted by molar-refractivity contribution is 5.90. The van der Waals surface area contributed by atoms with Crippen molar-refractivity contribution >= 4 is 17.9 Å². The van der Waals surface area contributed by atoms with Gasteiger partial charge in [0.15, 0.2) is 5.82 Å². The number of nitrogens with zero attached hydrogens (tertiary/aromatic N) is 2. The zero-order valence-electron chi connectivity index (χ0n) is 20.8. The standard InChI is InChI=1S/C29H24F3N3O4/c1-18(19-5-3-2-4-6-19)39-27(38)34-25-24(17-33-35(25)29(30,31)32)22-9-7-20(8-10-22)21-11-13-23(14-12-21)28(15-16-28)26(36)37/h2-14,17-18H,15-16H2,1H3,(H,34,38)(H,36,37)/t18-/m1/s1. The van der Waals surface area contributed by atoms with Crippen LogP contribution in [0.3, 0.4) is 0 Å². The first-order chi connectivity index (χ1) is 18.6. The molecule has 0 aliphatic heterocycles. The van der Waals surface area contributed by atoms with Crippen molar-refractivity contribution in [2.45, 2.75) is 37.6 Å². The molecule has 1 amide bonds. The number of benzene rings is 3. The van der Waals surface area contributed by atoms with Crippen LogP contribution in [-0.2, 0) is 21.2 Å². The van der Waals surface area contributed by atoms with E-state index in [2.05, 4.69) is 10.4 Å². The molecule has 2 N–H and O–H groups in total. The number of halogens is 3. The summed E-state index contributed by atoms with van der Waals surface area (Å²) >= 11 is 0. The van der Waals surface area contributed by atoms with E-state index < -0.39 is 35.7 Å². The van der Waals surface area contributed by atoms with E-state index in [0.717, 1.165) is 22.9 Å². The third-order valence-electron chi connectivity index (χ3n) is 6.91. The van der Waals surface area contributed by atoms with Gasteiger partial charge in [-0.3, -0.25) is 10.1 Å². The van der Waals surface area contributed by atoms with Gasteiger partial charge < -0.3 is 9.84 Å². The Balaban J connectivity index is 1.37. The lowest BCUT2D eigenvalue weighted by atomic mass is 9.93. The number of hydrogen-bond acceptors (Lipinski definition) is 4. The Morgan fingerprint density at radius 1 is 0.949 bits per heavy atom. The second-order valence-corrected chi connectivity index (χ2v) is 9.41. The summed E-state index contributed by atoms with van der Waals surface area (Å²) in [6.45, 7) is 1.62. The summed E-state index contributed by atoms with van der Waals surface area (Å²) in [5, 5.41) is 15.2. The van der Waals surface area contributed by atoms with Crippen molar-refractivity contribution in [2.75, 3.05) is 5.32 Å². The molecule has 0 radical (unpaired) electrons. The van der Waals surface area contributed by atoms with Crippen LogP contribution in [0.2, 0.25) is 0 Å². The molecule has 5 rings (SSSR count). The van der Waals surface area contributed by atoms with Crippen molar-refractivity contribution in [3.8, 4) is 22.3 Å². The van der Waals surface area contributed by atoms with Gasteiger partial charge in [-0.1, -0.05) is 78.9 Å². The highest BCUT2D eigenvalue weighted by Crippen LogP contribution is 2.48. The van der Waals surface area contributed by atoms with Crippen LogP contribution in [0.4, 0.5) is 23.8 Å². The quantitative estimate of drug-likeness (QED) is 0.263. The highest BCUT2D eigenvalue weighted by atomic mass is 19.4. The maximum Gasteiger partial charge on any atom is 0.506 e. The van der Waals surface area contributed by atoms with Crippen LogP contribution < -0.4 is 5.32 Å². The van der Waals surface area contributed by atoms with Crippen LogP contribution in [0.25, 0.3) is 22.3 Å². The van der Waals surface area contributed by atoms with E-state index in [9.17, 15) is 27.9 Å². The van der Waals surface area contributed by atoms with Crippen molar-refractivity contribution in [1.82, 2.24) is 9.78 Å². The van der Waals surface area contributed by atoms with E-state index in [-0.39, 0.29) is 10.2 Å². The molecule has 39 heavy (non-hydrogen) atoms. The van der Waals surface area contributed by atoms with E-state index in [1.54, 1.807) is 73.7 Å². The second kappa shape index (κ2) is 9.94. The topological polar surface area (TPSA) is 93.4 Å². The molecule has 4 aromatic rings. The van der Waals surface area contributed by atoms with Gasteiger partial charge in [0.1, 0.15) is 6.10 Å². The minimum atomic E-state index is -4.87. The monoisotopic (exact) mass is 535 g/mol. The molecule has 1 fully saturated rings. The zero-order valence-corrected chi connectivity index (χ0v) is 20.8. The largest absolute Gasteiger partial charge is 0.506 e. The fourth-order valence-electron chi connectivity index (χ4n) is 4.53. The molecule has 1 aliphatic carbocycles. The van der Waals surface area contributed by atoms with E-state index in [0.29, 0.717) is 24.0 Å². The molecule has 1 atom stereocenters. The molecule has 7 nitrogen and oxygen atoms in total. The van der Waals surface area contributed by atoms with Crippen LogP contribution in [-0.4, -0.2) is 26.9 Å². The third-order valence-corrected chi connectivity index (χ3v) is 6.91. The third kappa shape index (κ3) is 5.22. The maximum atomic E-state index is 13.7. The summed E-state index contributed by atoms with van der Waals surface area (Å²) in [7, 11) is 0. The van der Waals surface area contributed by atoms with Crippen LogP contribution in [0.5, 0.6) is 0 Å². The molecule has 10 heteroatoms. The maximum absolute atomic E-state index is 13.7. The van der Waals surface area contributed by atoms with Crippen molar-refractivity contribution in [2.24, 2.45) is 0 Å². The van der Waals surface area contributed by atoms with Crippen molar-refractivity contribution in [1.29, 1.82) is 0 Å². The first-order valence-corrected chi connectivity index (χ1v) is 12.2. The van der Waals surface area contributed by atoms with Gasteiger partial charge in [-0.25, -0.2) is 4.79 Å². The van der Waals surface area contributed by atoms with Gasteiger partial charge in [-0.05, 0) is 47.6 Å². The Bertz CT molecular complexity index is 1490. The van der Waals surface area contributed by atoms with Crippen LogP contribution in [0, 0.1) is 0 Å². The van der Waals surface area contributed by atoms with E-state index >= 15 is 0 Å². The number of hydrogen-bond donors (Lipinski definition) is 2. The Kier molecular flexibility index (Phi) is 6.63. The number of nitrogens with one attached hydrogen (secondary N) is 1. The SMILES string of the molecule is C[C@@H](OC(=O)Nc1c(-c2ccc(-c3ccc(C4(C(=O)O)CC4)cc3)cc2)cnn1C(F)(F)F)c1ccccc1. The molecule has 0 bridgehead atoms. The molecule has 200 valence electrons. The zero-order chi connectivity index (χ0) is 27.8. The molecule has 1 saturated carbocycles. The average molecular weight is 536 g/mol. The fraction of sp³-hybridized carbons (Fsp3) is 0.207. The molecule has 3 aromatic carbocycles. The highest BCUT2D eigenvalue weighted by Gasteiger charge is 2.51. The molecule has 0 spiro atoms. The summed E-state index contributed by atoms with van der Waals surface area (Å²) < 4.78 is 46.1. The molecule has 1 heterocycles. The molecule has 0 unspecified atom stereocenters. The smallest absolute Gasteiger partial charge is 0.481 e. The van der Waals surface area contributed by atoms with E-state index in [1.807, 2.05) is 12.1 Å². The lowest BCUT2D eigenvalue weighted by Crippen LogP contribution is -2.24. The van der Waals surface area contributed by atoms with E-state index in [1.165, 1.54) is 0 Å². The average Bonchev–Trinajstić information content (AvgIpc) is 3.63. The van der Waals surface area contributed by atoms with Crippen molar-refractivity contribution in [3.05, 3.63) is 96.2 Å². The number of carboxylic acids is 1. The minimum Gasteiger partial charge on any atom is -0.481 e. The minimum absolute atomic E-state index is 0.0654. The predicted octanol–water partition coefficient (Wildman–Crippen LogP) is 7.12. The summed E-state index contributed by atoms with van der Waals surface area (Å²) in [5.74, 6) is -1.39. The number of aromatic nitrogens is 2. The number of anilines is 1. The van der Waals surface area contributed by atoms with Crippen LogP contribution in [0.1, 0.15) is 37.0 Å². The number of carbonyl (C=O) groups is 2. The van der Waals surface area contributed by atoms with Gasteiger partial charge in [-0.15, -0.1) is 13.2 Å². The Labute approximate surface area is 221 Å². The number of amides is 1. The Hall–Kier alpha value is -4.60. The molecule has 1 aromatic heterocycles. The summed E-state index contributed by atoms with van der Waals surface area (Å²) in [6, 6.07) is 22.8. The molecule has 0 saturated heterocycles. The van der Waals surface area contributed by atoms with Gasteiger partial charge in [0.05, 0.1) is 11.6 Å². The normalized spacial score (nSPS) is 14.9. The van der Waals surface area contributed by atoms with Gasteiger partial charge in [-0.2, -0.15) is 9.78 Å². The van der Waals surface area contributed by atoms with E-state index in [4.69, 9.17) is 4.74 Å². The number of rotatable bonds is 7. The van der Waals surface area contributed by atoms with Gasteiger partial charge in [0.25, 0.3) is 0 Å². The van der Waals surface area contributed by atoms with Crippen LogP contribution in [0.15, 0.2) is 85.1 Å². The van der Waals surface area contributed by atoms with Crippen molar-refractivity contribution < 1.29 is 32.6 Å². The van der Waals surface area contributed by atoms with Gasteiger partial charge in [0.2, 0.25) is 0 Å². The Morgan fingerprint density at radius 3 is 2.05 bits per heavy atom. The second-order valence-electron chi connectivity index (χ2n) is 9.41. The Morgan fingerprint density at radius 2 is 1.51 bits per heavy atom. The number of alkyl halides is 3.